The number of nitrogens with one attached hydrogen (secondary N) is 1. The summed E-state index contributed by atoms with van der Waals surface area (Å²) < 4.78 is 45.3. The second-order valence-electron chi connectivity index (χ2n) is 7.20. The maximum Gasteiger partial charge on any atom is 0.490 e. The highest BCUT2D eigenvalue weighted by atomic mass is 19.4. The zero-order valence-corrected chi connectivity index (χ0v) is 17.6. The van der Waals surface area contributed by atoms with Crippen molar-refractivity contribution in [3.05, 3.63) is 59.8 Å². The fourth-order valence-electron chi connectivity index (χ4n) is 3.69. The first-order valence-electron chi connectivity index (χ1n) is 10.2. The number of ether oxygens (including phenoxy) is 2. The maximum atomic E-state index is 10.6. The second-order valence-corrected chi connectivity index (χ2v) is 7.20. The molecule has 1 aromatic heterocycles. The molecule has 0 radical (unpaired) electrons. The summed E-state index contributed by atoms with van der Waals surface area (Å²) in [6.07, 6.45) is -2.99. The van der Waals surface area contributed by atoms with Crippen molar-refractivity contribution >= 4 is 16.9 Å². The highest BCUT2D eigenvalue weighted by Crippen LogP contribution is 2.29. The van der Waals surface area contributed by atoms with Crippen LogP contribution in [0.4, 0.5) is 13.2 Å². The standard InChI is InChI=1S/C21H24N2O2.C2HF3O2/c1-24-16-6-4-7-17(14-16)25-13-5-12-23-20-9-3-2-8-18(20)19-10-11-22-15-21(19)23;3-2(4,5)1(6)7/h2-4,6-9,14,22H,5,10-13,15H2,1H3;(H,6,7). The number of carboxylic acids is 1. The number of aromatic nitrogens is 1. The topological polar surface area (TPSA) is 72.7 Å². The van der Waals surface area contributed by atoms with Gasteiger partial charge in [-0.15, -0.1) is 0 Å². The number of nitrogens with zero attached hydrogens (tertiary/aromatic N) is 1. The smallest absolute Gasteiger partial charge is 0.490 e. The number of alkyl halides is 3. The number of hydrogen-bond acceptors (Lipinski definition) is 4. The Hall–Kier alpha value is -3.20. The Kier molecular flexibility index (Phi) is 7.63. The molecule has 1 aliphatic rings. The van der Waals surface area contributed by atoms with E-state index in [0.717, 1.165) is 44.0 Å². The average molecular weight is 450 g/mol. The second kappa shape index (κ2) is 10.4. The van der Waals surface area contributed by atoms with Crippen molar-refractivity contribution in [2.75, 3.05) is 20.3 Å². The highest BCUT2D eigenvalue weighted by molar-refractivity contribution is 5.85. The molecule has 172 valence electrons. The number of carboxylic acid groups (broad SMARTS) is 1. The van der Waals surface area contributed by atoms with Crippen molar-refractivity contribution in [1.29, 1.82) is 0 Å². The lowest BCUT2D eigenvalue weighted by molar-refractivity contribution is -0.192. The number of rotatable bonds is 6. The van der Waals surface area contributed by atoms with E-state index in [9.17, 15) is 13.2 Å². The van der Waals surface area contributed by atoms with Gasteiger partial charge < -0.3 is 24.5 Å². The summed E-state index contributed by atoms with van der Waals surface area (Å²) in [7, 11) is 1.67. The number of halogens is 3. The molecule has 3 aromatic rings. The molecule has 1 aliphatic heterocycles. The van der Waals surface area contributed by atoms with Crippen LogP contribution in [0.5, 0.6) is 11.5 Å². The van der Waals surface area contributed by atoms with Crippen LogP contribution in [-0.4, -0.2) is 42.1 Å². The summed E-state index contributed by atoms with van der Waals surface area (Å²) in [6.45, 7) is 3.70. The molecular weight excluding hydrogens is 425 g/mol. The Morgan fingerprint density at radius 1 is 1.16 bits per heavy atom. The van der Waals surface area contributed by atoms with Crippen LogP contribution in [0.15, 0.2) is 48.5 Å². The average Bonchev–Trinajstić information content (AvgIpc) is 3.10. The van der Waals surface area contributed by atoms with Crippen LogP contribution in [0.1, 0.15) is 17.7 Å². The van der Waals surface area contributed by atoms with Crippen LogP contribution in [0.2, 0.25) is 0 Å². The lowest BCUT2D eigenvalue weighted by Gasteiger charge is -2.17. The number of aryl methyl sites for hydroxylation is 1. The Labute approximate surface area is 183 Å². The number of benzene rings is 2. The van der Waals surface area contributed by atoms with Gasteiger partial charge in [-0.3, -0.25) is 0 Å². The Balaban J connectivity index is 0.000000360. The van der Waals surface area contributed by atoms with Crippen molar-refractivity contribution in [2.45, 2.75) is 32.1 Å². The van der Waals surface area contributed by atoms with Crippen LogP contribution in [0.3, 0.4) is 0 Å². The van der Waals surface area contributed by atoms with Gasteiger partial charge in [-0.1, -0.05) is 24.3 Å². The monoisotopic (exact) mass is 450 g/mol. The fraction of sp³-hybridized carbons (Fsp3) is 0.348. The van der Waals surface area contributed by atoms with Gasteiger partial charge in [-0.2, -0.15) is 13.2 Å². The van der Waals surface area contributed by atoms with Crippen molar-refractivity contribution in [3.63, 3.8) is 0 Å². The third-order valence-electron chi connectivity index (χ3n) is 5.12. The lowest BCUT2D eigenvalue weighted by Crippen LogP contribution is -2.25. The molecule has 9 heteroatoms. The van der Waals surface area contributed by atoms with Crippen LogP contribution < -0.4 is 14.8 Å². The maximum absolute atomic E-state index is 10.6. The third kappa shape index (κ3) is 5.73. The molecule has 4 rings (SSSR count). The Bertz CT molecular complexity index is 1060. The zero-order chi connectivity index (χ0) is 23.1. The lowest BCUT2D eigenvalue weighted by atomic mass is 10.1. The number of carbonyl (C=O) groups is 1. The minimum Gasteiger partial charge on any atom is -0.497 e. The van der Waals surface area contributed by atoms with Crippen LogP contribution in [-0.2, 0) is 24.3 Å². The summed E-state index contributed by atoms with van der Waals surface area (Å²) in [6, 6.07) is 16.5. The van der Waals surface area contributed by atoms with Crippen molar-refractivity contribution in [2.24, 2.45) is 0 Å². The van der Waals surface area contributed by atoms with E-state index in [2.05, 4.69) is 34.1 Å². The van der Waals surface area contributed by atoms with Crippen molar-refractivity contribution in [3.8, 4) is 11.5 Å². The van der Waals surface area contributed by atoms with Gasteiger partial charge in [-0.25, -0.2) is 4.79 Å². The van der Waals surface area contributed by atoms with E-state index in [1.165, 1.54) is 22.2 Å². The normalized spacial score (nSPS) is 13.1. The predicted octanol–water partition coefficient (Wildman–Crippen LogP) is 4.40. The van der Waals surface area contributed by atoms with Gasteiger partial charge >= 0.3 is 12.1 Å². The highest BCUT2D eigenvalue weighted by Gasteiger charge is 2.38. The molecule has 2 N–H and O–H groups in total. The third-order valence-corrected chi connectivity index (χ3v) is 5.12. The van der Waals surface area contributed by atoms with Gasteiger partial charge in [0.05, 0.1) is 13.7 Å². The summed E-state index contributed by atoms with van der Waals surface area (Å²) in [5, 5.41) is 12.0. The first-order chi connectivity index (χ1) is 15.3. The molecule has 6 nitrogen and oxygen atoms in total. The van der Waals surface area contributed by atoms with Crippen LogP contribution >= 0.6 is 0 Å². The van der Waals surface area contributed by atoms with E-state index < -0.39 is 12.1 Å². The molecule has 0 saturated carbocycles. The first kappa shape index (κ1) is 23.5. The molecule has 2 heterocycles. The number of fused-ring (bicyclic) bond motifs is 3. The number of para-hydroxylation sites is 1. The zero-order valence-electron chi connectivity index (χ0n) is 17.6. The van der Waals surface area contributed by atoms with Gasteiger partial charge in [0.25, 0.3) is 0 Å². The van der Waals surface area contributed by atoms with E-state index in [-0.39, 0.29) is 0 Å². The van der Waals surface area contributed by atoms with Crippen molar-refractivity contribution in [1.82, 2.24) is 9.88 Å². The van der Waals surface area contributed by atoms with E-state index in [1.807, 2.05) is 24.3 Å². The Morgan fingerprint density at radius 2 is 1.88 bits per heavy atom. The SMILES string of the molecule is COc1cccc(OCCCn2c3c(c4ccccc42)CCNC3)c1.O=C(O)C(F)(F)F. The molecule has 0 bridgehead atoms. The number of aliphatic carboxylic acids is 1. The summed E-state index contributed by atoms with van der Waals surface area (Å²) in [4.78, 5) is 8.90. The molecule has 32 heavy (non-hydrogen) atoms. The molecule has 0 saturated heterocycles. The molecule has 0 spiro atoms. The van der Waals surface area contributed by atoms with E-state index in [1.54, 1.807) is 7.11 Å². The minimum atomic E-state index is -5.08. The summed E-state index contributed by atoms with van der Waals surface area (Å²) in [5.74, 6) is -1.07. The Morgan fingerprint density at radius 3 is 2.59 bits per heavy atom. The van der Waals surface area contributed by atoms with Gasteiger partial charge in [-0.05, 0) is 43.1 Å². The van der Waals surface area contributed by atoms with E-state index >= 15 is 0 Å². The van der Waals surface area contributed by atoms with Gasteiger partial charge in [0.1, 0.15) is 11.5 Å². The summed E-state index contributed by atoms with van der Waals surface area (Å²) >= 11 is 0. The number of hydrogen-bond donors (Lipinski definition) is 2. The molecule has 2 aromatic carbocycles. The largest absolute Gasteiger partial charge is 0.497 e. The van der Waals surface area contributed by atoms with Gasteiger partial charge in [0.2, 0.25) is 0 Å². The summed E-state index contributed by atoms with van der Waals surface area (Å²) in [5.41, 5.74) is 4.30. The molecular formula is C23H25F3N2O4. The molecule has 0 amide bonds. The molecule has 0 unspecified atom stereocenters. The molecule has 0 atom stereocenters. The minimum absolute atomic E-state index is 0.696. The van der Waals surface area contributed by atoms with E-state index in [0.29, 0.717) is 6.61 Å². The van der Waals surface area contributed by atoms with Gasteiger partial charge in [0, 0.05) is 35.8 Å². The number of methoxy groups -OCH3 is 1. The van der Waals surface area contributed by atoms with Crippen molar-refractivity contribution < 1.29 is 32.5 Å². The predicted molar refractivity (Wildman–Crippen MR) is 114 cm³/mol. The first-order valence-corrected chi connectivity index (χ1v) is 10.2. The fourth-order valence-corrected chi connectivity index (χ4v) is 3.69. The van der Waals surface area contributed by atoms with Crippen LogP contribution in [0.25, 0.3) is 10.9 Å². The molecule has 0 aliphatic carbocycles. The van der Waals surface area contributed by atoms with E-state index in [4.69, 9.17) is 19.4 Å². The molecule has 0 fully saturated rings. The van der Waals surface area contributed by atoms with Crippen LogP contribution in [0, 0.1) is 0 Å². The quantitative estimate of drug-likeness (QED) is 0.545. The van der Waals surface area contributed by atoms with Gasteiger partial charge in [0.15, 0.2) is 0 Å².